The van der Waals surface area contributed by atoms with E-state index in [9.17, 15) is 5.11 Å². The fourth-order valence-electron chi connectivity index (χ4n) is 1.43. The summed E-state index contributed by atoms with van der Waals surface area (Å²) >= 11 is 0. The molecule has 2 nitrogen and oxygen atoms in total. The van der Waals surface area contributed by atoms with Crippen LogP contribution in [0, 0.1) is 5.92 Å². The number of hydrogen-bond acceptors (Lipinski definition) is 2. The Morgan fingerprint density at radius 1 is 1.21 bits per heavy atom. The van der Waals surface area contributed by atoms with Gasteiger partial charge in [0.2, 0.25) is 0 Å². The first-order chi connectivity index (χ1) is 6.65. The summed E-state index contributed by atoms with van der Waals surface area (Å²) in [5.74, 6) is 0.260. The molecule has 78 valence electrons. The second kappa shape index (κ2) is 5.13. The van der Waals surface area contributed by atoms with E-state index in [1.54, 1.807) is 0 Å². The van der Waals surface area contributed by atoms with E-state index in [1.165, 1.54) is 5.56 Å². The van der Waals surface area contributed by atoms with Gasteiger partial charge in [-0.3, -0.25) is 0 Å². The van der Waals surface area contributed by atoms with Crippen molar-refractivity contribution in [1.82, 2.24) is 0 Å². The van der Waals surface area contributed by atoms with Gasteiger partial charge in [0.05, 0.1) is 6.10 Å². The van der Waals surface area contributed by atoms with Gasteiger partial charge in [0.1, 0.15) is 0 Å². The van der Waals surface area contributed by atoms with Crippen molar-refractivity contribution in [3.8, 4) is 0 Å². The van der Waals surface area contributed by atoms with Crippen LogP contribution in [0.4, 0.5) is 0 Å². The first-order valence-electron chi connectivity index (χ1n) is 5.12. The fourth-order valence-corrected chi connectivity index (χ4v) is 1.43. The molecule has 0 aliphatic carbocycles. The third kappa shape index (κ3) is 2.82. The first-order valence-corrected chi connectivity index (χ1v) is 5.12. The molecule has 0 aliphatic heterocycles. The first kappa shape index (κ1) is 11.2. The van der Waals surface area contributed by atoms with Crippen LogP contribution in [0.1, 0.15) is 31.1 Å². The van der Waals surface area contributed by atoms with Gasteiger partial charge in [0.15, 0.2) is 0 Å². The topological polar surface area (TPSA) is 46.2 Å². The summed E-state index contributed by atoms with van der Waals surface area (Å²) in [5.41, 5.74) is 7.67. The van der Waals surface area contributed by atoms with E-state index in [4.69, 9.17) is 5.73 Å². The van der Waals surface area contributed by atoms with E-state index in [2.05, 4.69) is 0 Å². The van der Waals surface area contributed by atoms with Gasteiger partial charge in [-0.25, -0.2) is 0 Å². The van der Waals surface area contributed by atoms with E-state index in [1.807, 2.05) is 38.1 Å². The lowest BCUT2D eigenvalue weighted by Crippen LogP contribution is -2.06. The zero-order valence-corrected chi connectivity index (χ0v) is 8.90. The SMILES string of the molecule is CC(C)C(O)c1ccc(CCN)cc1. The summed E-state index contributed by atoms with van der Waals surface area (Å²) in [6.07, 6.45) is 0.542. The van der Waals surface area contributed by atoms with Crippen LogP contribution in [0.15, 0.2) is 24.3 Å². The summed E-state index contributed by atoms with van der Waals surface area (Å²) in [7, 11) is 0. The number of hydrogen-bond donors (Lipinski definition) is 2. The average molecular weight is 193 g/mol. The van der Waals surface area contributed by atoms with Crippen LogP contribution in [0.25, 0.3) is 0 Å². The molecule has 0 heterocycles. The molecule has 14 heavy (non-hydrogen) atoms. The lowest BCUT2D eigenvalue weighted by molar-refractivity contribution is 0.127. The maximum atomic E-state index is 9.79. The lowest BCUT2D eigenvalue weighted by Gasteiger charge is -2.14. The molecule has 0 fully saturated rings. The molecular weight excluding hydrogens is 174 g/mol. The van der Waals surface area contributed by atoms with Gasteiger partial charge in [-0.2, -0.15) is 0 Å². The van der Waals surface area contributed by atoms with Crippen molar-refractivity contribution in [2.45, 2.75) is 26.4 Å². The molecule has 0 amide bonds. The van der Waals surface area contributed by atoms with Crippen LogP contribution >= 0.6 is 0 Å². The maximum absolute atomic E-state index is 9.79. The molecule has 1 aromatic carbocycles. The highest BCUT2D eigenvalue weighted by molar-refractivity contribution is 5.24. The van der Waals surface area contributed by atoms with Crippen molar-refractivity contribution >= 4 is 0 Å². The molecule has 2 heteroatoms. The van der Waals surface area contributed by atoms with E-state index in [0.717, 1.165) is 12.0 Å². The molecule has 0 spiro atoms. The molecule has 1 atom stereocenters. The van der Waals surface area contributed by atoms with E-state index >= 15 is 0 Å². The van der Waals surface area contributed by atoms with E-state index in [0.29, 0.717) is 6.54 Å². The van der Waals surface area contributed by atoms with Gasteiger partial charge < -0.3 is 10.8 Å². The molecule has 1 aromatic rings. The van der Waals surface area contributed by atoms with E-state index in [-0.39, 0.29) is 12.0 Å². The van der Waals surface area contributed by atoms with Crippen LogP contribution in [0.3, 0.4) is 0 Å². The largest absolute Gasteiger partial charge is 0.388 e. The summed E-state index contributed by atoms with van der Waals surface area (Å²) in [6, 6.07) is 8.03. The Labute approximate surface area is 85.8 Å². The predicted molar refractivity (Wildman–Crippen MR) is 59.0 cm³/mol. The number of aliphatic hydroxyl groups excluding tert-OH is 1. The van der Waals surface area contributed by atoms with Crippen LogP contribution in [0.5, 0.6) is 0 Å². The molecule has 0 saturated heterocycles. The van der Waals surface area contributed by atoms with Crippen LogP contribution < -0.4 is 5.73 Å². The van der Waals surface area contributed by atoms with Crippen molar-refractivity contribution in [3.63, 3.8) is 0 Å². The van der Waals surface area contributed by atoms with Crippen molar-refractivity contribution in [2.75, 3.05) is 6.54 Å². The Morgan fingerprint density at radius 3 is 2.21 bits per heavy atom. The Hall–Kier alpha value is -0.860. The highest BCUT2D eigenvalue weighted by Crippen LogP contribution is 2.21. The highest BCUT2D eigenvalue weighted by Gasteiger charge is 2.10. The Kier molecular flexibility index (Phi) is 4.11. The fraction of sp³-hybridized carbons (Fsp3) is 0.500. The van der Waals surface area contributed by atoms with Crippen molar-refractivity contribution in [3.05, 3.63) is 35.4 Å². The number of nitrogens with two attached hydrogens (primary N) is 1. The minimum absolute atomic E-state index is 0.260. The average Bonchev–Trinajstić information content (AvgIpc) is 2.18. The smallest absolute Gasteiger partial charge is 0.0812 e. The zero-order chi connectivity index (χ0) is 10.6. The molecule has 1 unspecified atom stereocenters. The minimum atomic E-state index is -0.359. The summed E-state index contributed by atoms with van der Waals surface area (Å²) in [6.45, 7) is 4.70. The van der Waals surface area contributed by atoms with Crippen molar-refractivity contribution in [2.24, 2.45) is 11.7 Å². The van der Waals surface area contributed by atoms with Crippen LogP contribution in [-0.2, 0) is 6.42 Å². The van der Waals surface area contributed by atoms with Crippen LogP contribution in [0.2, 0.25) is 0 Å². The molecule has 1 rings (SSSR count). The second-order valence-corrected chi connectivity index (χ2v) is 3.97. The Bertz CT molecular complexity index is 266. The standard InChI is InChI=1S/C12H19NO/c1-9(2)12(14)11-5-3-10(4-6-11)7-8-13/h3-6,9,12,14H,7-8,13H2,1-2H3. The third-order valence-electron chi connectivity index (χ3n) is 2.39. The quantitative estimate of drug-likeness (QED) is 0.767. The summed E-state index contributed by atoms with van der Waals surface area (Å²) < 4.78 is 0. The number of rotatable bonds is 4. The molecular formula is C12H19NO. The van der Waals surface area contributed by atoms with Crippen LogP contribution in [-0.4, -0.2) is 11.7 Å². The van der Waals surface area contributed by atoms with Gasteiger partial charge in [-0.05, 0) is 30.0 Å². The predicted octanol–water partition coefficient (Wildman–Crippen LogP) is 1.88. The normalized spacial score (nSPS) is 13.2. The van der Waals surface area contributed by atoms with Gasteiger partial charge in [-0.15, -0.1) is 0 Å². The minimum Gasteiger partial charge on any atom is -0.388 e. The maximum Gasteiger partial charge on any atom is 0.0812 e. The zero-order valence-electron chi connectivity index (χ0n) is 8.90. The van der Waals surface area contributed by atoms with E-state index < -0.39 is 0 Å². The van der Waals surface area contributed by atoms with Crippen molar-refractivity contribution in [1.29, 1.82) is 0 Å². The molecule has 0 radical (unpaired) electrons. The van der Waals surface area contributed by atoms with Gasteiger partial charge >= 0.3 is 0 Å². The van der Waals surface area contributed by atoms with Gasteiger partial charge in [0, 0.05) is 0 Å². The summed E-state index contributed by atoms with van der Waals surface area (Å²) in [4.78, 5) is 0. The Morgan fingerprint density at radius 2 is 1.79 bits per heavy atom. The molecule has 0 bridgehead atoms. The Balaban J connectivity index is 2.72. The van der Waals surface area contributed by atoms with Gasteiger partial charge in [0.25, 0.3) is 0 Å². The third-order valence-corrected chi connectivity index (χ3v) is 2.39. The molecule has 0 aromatic heterocycles. The molecule has 3 N–H and O–H groups in total. The molecule has 0 aliphatic rings. The monoisotopic (exact) mass is 193 g/mol. The summed E-state index contributed by atoms with van der Waals surface area (Å²) in [5, 5.41) is 9.79. The number of benzene rings is 1. The molecule has 0 saturated carbocycles. The second-order valence-electron chi connectivity index (χ2n) is 3.97. The highest BCUT2D eigenvalue weighted by atomic mass is 16.3. The van der Waals surface area contributed by atoms with Crippen molar-refractivity contribution < 1.29 is 5.11 Å². The number of aliphatic hydroxyl groups is 1. The lowest BCUT2D eigenvalue weighted by atomic mass is 9.98. The van der Waals surface area contributed by atoms with Gasteiger partial charge in [-0.1, -0.05) is 38.1 Å².